The van der Waals surface area contributed by atoms with Crippen LogP contribution in [0.25, 0.3) is 6.08 Å². The Bertz CT molecular complexity index is 361. The monoisotopic (exact) mass is 271 g/mol. The van der Waals surface area contributed by atoms with Crippen LogP contribution in [-0.4, -0.2) is 13.6 Å². The van der Waals surface area contributed by atoms with Gasteiger partial charge in [-0.05, 0) is 47.1 Å². The van der Waals surface area contributed by atoms with E-state index in [1.807, 2.05) is 19.2 Å². The van der Waals surface area contributed by atoms with Crippen LogP contribution < -0.4 is 5.32 Å². The van der Waals surface area contributed by atoms with Crippen molar-refractivity contribution in [1.29, 1.82) is 0 Å². The van der Waals surface area contributed by atoms with Crippen LogP contribution in [0.15, 0.2) is 28.2 Å². The number of likely N-dealkylation sites (N-methyl/N-ethyl adjacent to an activating group) is 1. The Morgan fingerprint density at radius 2 is 2.27 bits per heavy atom. The van der Waals surface area contributed by atoms with E-state index in [0.29, 0.717) is 4.47 Å². The summed E-state index contributed by atoms with van der Waals surface area (Å²) in [5.41, 5.74) is 2.17. The summed E-state index contributed by atoms with van der Waals surface area (Å²) < 4.78 is 13.7. The molecule has 0 aromatic heterocycles. The Morgan fingerprint density at radius 3 is 2.80 bits per heavy atom. The first kappa shape index (κ1) is 12.4. The molecule has 0 aliphatic heterocycles. The second-order valence-corrected chi connectivity index (χ2v) is 4.21. The Balaban J connectivity index is 2.91. The third kappa shape index (κ3) is 3.76. The molecule has 0 atom stereocenters. The zero-order valence-corrected chi connectivity index (χ0v) is 10.6. The first-order valence-electron chi connectivity index (χ1n) is 4.96. The van der Waals surface area contributed by atoms with Crippen LogP contribution in [0.3, 0.4) is 0 Å². The van der Waals surface area contributed by atoms with Crippen molar-refractivity contribution < 1.29 is 4.39 Å². The molecular weight excluding hydrogens is 257 g/mol. The molecule has 82 valence electrons. The number of nitrogens with one attached hydrogen (secondary N) is 1. The number of hydrogen-bond donors (Lipinski definition) is 1. The van der Waals surface area contributed by atoms with E-state index in [-0.39, 0.29) is 5.82 Å². The minimum absolute atomic E-state index is 0.219. The lowest BCUT2D eigenvalue weighted by Gasteiger charge is -2.04. The van der Waals surface area contributed by atoms with Crippen LogP contribution in [0.5, 0.6) is 0 Å². The molecule has 0 saturated heterocycles. The molecule has 0 heterocycles. The summed E-state index contributed by atoms with van der Waals surface area (Å²) in [6, 6.07) is 5.17. The van der Waals surface area contributed by atoms with Crippen molar-refractivity contribution in [2.45, 2.75) is 13.3 Å². The van der Waals surface area contributed by atoms with Gasteiger partial charge in [0.25, 0.3) is 0 Å². The van der Waals surface area contributed by atoms with Gasteiger partial charge in [0.15, 0.2) is 0 Å². The number of benzene rings is 1. The second-order valence-electron chi connectivity index (χ2n) is 3.36. The van der Waals surface area contributed by atoms with Crippen molar-refractivity contribution >= 4 is 22.0 Å². The molecule has 1 nitrogen and oxygen atoms in total. The van der Waals surface area contributed by atoms with Crippen molar-refractivity contribution in [2.75, 3.05) is 13.6 Å². The van der Waals surface area contributed by atoms with E-state index in [9.17, 15) is 4.39 Å². The third-order valence-electron chi connectivity index (χ3n) is 2.17. The molecule has 0 aliphatic rings. The van der Waals surface area contributed by atoms with Crippen LogP contribution in [0.1, 0.15) is 18.9 Å². The summed E-state index contributed by atoms with van der Waals surface area (Å²) in [6.45, 7) is 2.94. The molecular formula is C12H15BrFN. The Kier molecular flexibility index (Phi) is 4.99. The normalized spacial score (nSPS) is 11.9. The van der Waals surface area contributed by atoms with Gasteiger partial charge in [-0.2, -0.15) is 0 Å². The summed E-state index contributed by atoms with van der Waals surface area (Å²) in [6.07, 6.45) is 2.99. The summed E-state index contributed by atoms with van der Waals surface area (Å²) in [4.78, 5) is 0. The highest BCUT2D eigenvalue weighted by Crippen LogP contribution is 2.18. The molecule has 0 unspecified atom stereocenters. The molecule has 0 spiro atoms. The van der Waals surface area contributed by atoms with Gasteiger partial charge in [0.1, 0.15) is 5.82 Å². The lowest BCUT2D eigenvalue weighted by Crippen LogP contribution is -2.09. The predicted molar refractivity (Wildman–Crippen MR) is 66.3 cm³/mol. The fourth-order valence-electron chi connectivity index (χ4n) is 1.34. The van der Waals surface area contributed by atoms with E-state index < -0.39 is 0 Å². The standard InChI is InChI=1S/C12H15BrFN/c1-3-9(8-15-2)6-10-4-5-11(13)12(14)7-10/h4-7,15H,3,8H2,1-2H3/b9-6-. The number of hydrogen-bond acceptors (Lipinski definition) is 1. The smallest absolute Gasteiger partial charge is 0.137 e. The molecule has 1 aromatic carbocycles. The van der Waals surface area contributed by atoms with Crippen LogP contribution >= 0.6 is 15.9 Å². The quantitative estimate of drug-likeness (QED) is 0.883. The van der Waals surface area contributed by atoms with Gasteiger partial charge in [-0.25, -0.2) is 4.39 Å². The summed E-state index contributed by atoms with van der Waals surface area (Å²) in [7, 11) is 1.91. The van der Waals surface area contributed by atoms with Crippen LogP contribution in [0.2, 0.25) is 0 Å². The average Bonchev–Trinajstić information content (AvgIpc) is 2.23. The summed E-state index contributed by atoms with van der Waals surface area (Å²) >= 11 is 3.14. The first-order valence-corrected chi connectivity index (χ1v) is 5.75. The zero-order valence-electron chi connectivity index (χ0n) is 8.98. The van der Waals surface area contributed by atoms with E-state index in [0.717, 1.165) is 18.5 Å². The molecule has 1 rings (SSSR count). The minimum Gasteiger partial charge on any atom is -0.316 e. The zero-order chi connectivity index (χ0) is 11.3. The number of rotatable bonds is 4. The molecule has 0 bridgehead atoms. The van der Waals surface area contributed by atoms with E-state index in [2.05, 4.69) is 28.2 Å². The van der Waals surface area contributed by atoms with Crippen molar-refractivity contribution in [2.24, 2.45) is 0 Å². The van der Waals surface area contributed by atoms with E-state index in [1.165, 1.54) is 11.6 Å². The van der Waals surface area contributed by atoms with Crippen molar-refractivity contribution in [3.63, 3.8) is 0 Å². The summed E-state index contributed by atoms with van der Waals surface area (Å²) in [5, 5.41) is 3.09. The van der Waals surface area contributed by atoms with Crippen molar-refractivity contribution in [1.82, 2.24) is 5.32 Å². The lowest BCUT2D eigenvalue weighted by molar-refractivity contribution is 0.621. The van der Waals surface area contributed by atoms with Gasteiger partial charge in [-0.1, -0.05) is 24.6 Å². The van der Waals surface area contributed by atoms with E-state index in [1.54, 1.807) is 6.07 Å². The van der Waals surface area contributed by atoms with E-state index >= 15 is 0 Å². The Hall–Kier alpha value is -0.670. The minimum atomic E-state index is -0.219. The van der Waals surface area contributed by atoms with Crippen LogP contribution in [0.4, 0.5) is 4.39 Å². The molecule has 1 N–H and O–H groups in total. The topological polar surface area (TPSA) is 12.0 Å². The Labute approximate surface area is 98.5 Å². The molecule has 0 saturated carbocycles. The van der Waals surface area contributed by atoms with Crippen LogP contribution in [-0.2, 0) is 0 Å². The maximum atomic E-state index is 13.2. The lowest BCUT2D eigenvalue weighted by atomic mass is 10.1. The Morgan fingerprint density at radius 1 is 1.53 bits per heavy atom. The predicted octanol–water partition coefficient (Wildman–Crippen LogP) is 3.60. The molecule has 0 amide bonds. The molecule has 15 heavy (non-hydrogen) atoms. The largest absolute Gasteiger partial charge is 0.316 e. The molecule has 0 aliphatic carbocycles. The fourth-order valence-corrected chi connectivity index (χ4v) is 1.59. The highest BCUT2D eigenvalue weighted by atomic mass is 79.9. The average molecular weight is 272 g/mol. The second kappa shape index (κ2) is 6.03. The summed E-state index contributed by atoms with van der Waals surface area (Å²) in [5.74, 6) is -0.219. The maximum absolute atomic E-state index is 13.2. The van der Waals surface area contributed by atoms with Gasteiger partial charge in [0.2, 0.25) is 0 Å². The van der Waals surface area contributed by atoms with Gasteiger partial charge >= 0.3 is 0 Å². The van der Waals surface area contributed by atoms with Gasteiger partial charge in [-0.3, -0.25) is 0 Å². The maximum Gasteiger partial charge on any atom is 0.137 e. The molecule has 3 heteroatoms. The molecule has 0 radical (unpaired) electrons. The van der Waals surface area contributed by atoms with Gasteiger partial charge in [-0.15, -0.1) is 0 Å². The SMILES string of the molecule is CC/C(=C/c1ccc(Br)c(F)c1)CNC. The van der Waals surface area contributed by atoms with Gasteiger partial charge in [0, 0.05) is 6.54 Å². The van der Waals surface area contributed by atoms with Crippen molar-refractivity contribution in [3.05, 3.63) is 39.6 Å². The highest BCUT2D eigenvalue weighted by Gasteiger charge is 1.99. The third-order valence-corrected chi connectivity index (χ3v) is 2.82. The first-order chi connectivity index (χ1) is 7.17. The highest BCUT2D eigenvalue weighted by molar-refractivity contribution is 9.10. The van der Waals surface area contributed by atoms with Gasteiger partial charge < -0.3 is 5.32 Å². The molecule has 1 aromatic rings. The fraction of sp³-hybridized carbons (Fsp3) is 0.333. The van der Waals surface area contributed by atoms with Crippen LogP contribution in [0, 0.1) is 5.82 Å². The molecule has 0 fully saturated rings. The number of halogens is 2. The van der Waals surface area contributed by atoms with Crippen molar-refractivity contribution in [3.8, 4) is 0 Å². The van der Waals surface area contributed by atoms with Gasteiger partial charge in [0.05, 0.1) is 4.47 Å². The van der Waals surface area contributed by atoms with E-state index in [4.69, 9.17) is 0 Å².